The largest absolute Gasteiger partial charge is 0.416 e. The van der Waals surface area contributed by atoms with Crippen LogP contribution in [0.1, 0.15) is 11.1 Å². The maximum Gasteiger partial charge on any atom is 0.416 e. The lowest BCUT2D eigenvalue weighted by atomic mass is 10.2. The lowest BCUT2D eigenvalue weighted by Crippen LogP contribution is -2.23. The molecule has 0 fully saturated rings. The fourth-order valence-corrected chi connectivity index (χ4v) is 5.68. The van der Waals surface area contributed by atoms with Crippen molar-refractivity contribution < 1.29 is 13.2 Å². The normalized spacial score (nSPS) is 11.9. The first-order valence-corrected chi connectivity index (χ1v) is 11.1. The van der Waals surface area contributed by atoms with Crippen molar-refractivity contribution in [1.82, 2.24) is 0 Å². The Balaban J connectivity index is 1.72. The second-order valence-electron chi connectivity index (χ2n) is 6.87. The molecule has 4 rings (SSSR count). The van der Waals surface area contributed by atoms with E-state index in [0.29, 0.717) is 5.69 Å². The van der Waals surface area contributed by atoms with Crippen LogP contribution in [0.25, 0.3) is 0 Å². The zero-order valence-electron chi connectivity index (χ0n) is 16.5. The monoisotopic (exact) mass is 433 g/mol. The van der Waals surface area contributed by atoms with E-state index in [1.807, 2.05) is 54.6 Å². The molecule has 0 radical (unpaired) electrons. The van der Waals surface area contributed by atoms with E-state index in [1.165, 1.54) is 22.7 Å². The van der Waals surface area contributed by atoms with Crippen molar-refractivity contribution in [2.45, 2.75) is 6.18 Å². The van der Waals surface area contributed by atoms with Crippen molar-refractivity contribution in [3.05, 3.63) is 120 Å². The maximum atomic E-state index is 12.8. The molecule has 0 aliphatic carbocycles. The van der Waals surface area contributed by atoms with Crippen molar-refractivity contribution in [2.24, 2.45) is 4.99 Å². The molecule has 0 heterocycles. The summed E-state index contributed by atoms with van der Waals surface area (Å²) in [4.78, 5) is 4.45. The highest BCUT2D eigenvalue weighted by Crippen LogP contribution is 2.34. The van der Waals surface area contributed by atoms with Gasteiger partial charge in [0.05, 0.1) is 11.3 Å². The van der Waals surface area contributed by atoms with Gasteiger partial charge in [0.15, 0.2) is 0 Å². The Morgan fingerprint density at radius 2 is 1.13 bits per heavy atom. The predicted molar refractivity (Wildman–Crippen MR) is 124 cm³/mol. The van der Waals surface area contributed by atoms with Crippen molar-refractivity contribution >= 4 is 35.7 Å². The van der Waals surface area contributed by atoms with Gasteiger partial charge in [-0.05, 0) is 48.1 Å². The van der Waals surface area contributed by atoms with E-state index in [1.54, 1.807) is 6.21 Å². The van der Waals surface area contributed by atoms with Crippen LogP contribution in [-0.2, 0) is 6.18 Å². The molecule has 0 unspecified atom stereocenters. The molecule has 0 aliphatic heterocycles. The Bertz CT molecular complexity index is 1120. The van der Waals surface area contributed by atoms with Crippen LogP contribution in [-0.4, -0.2) is 6.21 Å². The molecule has 0 aliphatic rings. The summed E-state index contributed by atoms with van der Waals surface area (Å²) >= 11 is 0. The van der Waals surface area contributed by atoms with Crippen LogP contribution >= 0.6 is 7.92 Å². The molecule has 31 heavy (non-hydrogen) atoms. The number of rotatable bonds is 5. The Labute approximate surface area is 180 Å². The molecule has 5 heteroatoms. The van der Waals surface area contributed by atoms with Crippen LogP contribution in [0.2, 0.25) is 0 Å². The molecule has 0 atom stereocenters. The van der Waals surface area contributed by atoms with Gasteiger partial charge in [-0.2, -0.15) is 13.2 Å². The fourth-order valence-electron chi connectivity index (χ4n) is 3.26. The van der Waals surface area contributed by atoms with Gasteiger partial charge in [0, 0.05) is 11.8 Å². The van der Waals surface area contributed by atoms with Gasteiger partial charge in [-0.15, -0.1) is 0 Å². The lowest BCUT2D eigenvalue weighted by molar-refractivity contribution is -0.137. The summed E-state index contributed by atoms with van der Waals surface area (Å²) in [6, 6.07) is 33.6. The third kappa shape index (κ3) is 5.10. The summed E-state index contributed by atoms with van der Waals surface area (Å²) < 4.78 is 38.4. The van der Waals surface area contributed by atoms with E-state index < -0.39 is 19.7 Å². The molecule has 0 N–H and O–H groups in total. The van der Waals surface area contributed by atoms with Crippen LogP contribution in [0.4, 0.5) is 18.9 Å². The summed E-state index contributed by atoms with van der Waals surface area (Å²) in [6.45, 7) is 0. The van der Waals surface area contributed by atoms with Crippen molar-refractivity contribution in [2.75, 3.05) is 0 Å². The lowest BCUT2D eigenvalue weighted by Gasteiger charge is -2.21. The summed E-state index contributed by atoms with van der Waals surface area (Å²) in [5.41, 5.74) is 0.747. The molecule has 4 aromatic rings. The molecule has 0 spiro atoms. The zero-order valence-corrected chi connectivity index (χ0v) is 17.4. The van der Waals surface area contributed by atoms with Crippen LogP contribution in [0.5, 0.6) is 0 Å². The van der Waals surface area contributed by atoms with E-state index in [4.69, 9.17) is 0 Å². The number of hydrogen-bond acceptors (Lipinski definition) is 1. The quantitative estimate of drug-likeness (QED) is 0.262. The third-order valence-corrected chi connectivity index (χ3v) is 7.27. The first-order valence-electron chi connectivity index (χ1n) is 9.73. The van der Waals surface area contributed by atoms with Gasteiger partial charge >= 0.3 is 6.18 Å². The maximum absolute atomic E-state index is 12.8. The molecule has 0 saturated carbocycles. The number of nitrogens with zero attached hydrogens (tertiary/aromatic N) is 1. The summed E-state index contributed by atoms with van der Waals surface area (Å²) in [5, 5.41) is 3.59. The van der Waals surface area contributed by atoms with Gasteiger partial charge in [0.2, 0.25) is 0 Å². The molecule has 1 nitrogen and oxygen atoms in total. The van der Waals surface area contributed by atoms with Crippen molar-refractivity contribution in [1.29, 1.82) is 0 Å². The molecule has 0 amide bonds. The topological polar surface area (TPSA) is 12.4 Å². The molecular formula is C26H19F3NP. The first kappa shape index (κ1) is 21.0. The number of alkyl halides is 3. The number of benzene rings is 4. The third-order valence-electron chi connectivity index (χ3n) is 4.75. The molecular weight excluding hydrogens is 414 g/mol. The average molecular weight is 433 g/mol. The van der Waals surface area contributed by atoms with Gasteiger partial charge in [0.25, 0.3) is 0 Å². The Kier molecular flexibility index (Phi) is 6.29. The van der Waals surface area contributed by atoms with Gasteiger partial charge in [0.1, 0.15) is 0 Å². The highest BCUT2D eigenvalue weighted by molar-refractivity contribution is 7.80. The van der Waals surface area contributed by atoms with Crippen LogP contribution < -0.4 is 15.9 Å². The van der Waals surface area contributed by atoms with Crippen LogP contribution in [0.15, 0.2) is 114 Å². The summed E-state index contributed by atoms with van der Waals surface area (Å²) in [7, 11) is -0.808. The minimum absolute atomic E-state index is 0.478. The Hall–Kier alpha value is -3.23. The standard InChI is InChI=1S/C26H19F3NP/c27-26(28,29)21-15-17-22(18-16-21)30-19-20-9-7-8-14-25(20)31(23-10-3-1-4-11-23)24-12-5-2-6-13-24/h1-19H. The SMILES string of the molecule is FC(F)(F)c1ccc(N=Cc2ccccc2P(c2ccccc2)c2ccccc2)cc1. The second-order valence-corrected chi connectivity index (χ2v) is 9.05. The van der Waals surface area contributed by atoms with E-state index in [9.17, 15) is 13.2 Å². The molecule has 4 aromatic carbocycles. The molecule has 0 aromatic heterocycles. The highest BCUT2D eigenvalue weighted by atomic mass is 31.1. The fraction of sp³-hybridized carbons (Fsp3) is 0.0385. The van der Waals surface area contributed by atoms with Crippen molar-refractivity contribution in [3.8, 4) is 0 Å². The van der Waals surface area contributed by atoms with Gasteiger partial charge in [-0.1, -0.05) is 84.9 Å². The Morgan fingerprint density at radius 3 is 1.68 bits per heavy atom. The Morgan fingerprint density at radius 1 is 0.613 bits per heavy atom. The van der Waals surface area contributed by atoms with Crippen LogP contribution in [0, 0.1) is 0 Å². The smallest absolute Gasteiger partial charge is 0.256 e. The van der Waals surface area contributed by atoms with Crippen LogP contribution in [0.3, 0.4) is 0 Å². The number of halogens is 3. The predicted octanol–water partition coefficient (Wildman–Crippen LogP) is 6.21. The van der Waals surface area contributed by atoms with E-state index in [0.717, 1.165) is 23.0 Å². The summed E-state index contributed by atoms with van der Waals surface area (Å²) in [5.74, 6) is 0. The second kappa shape index (κ2) is 9.28. The van der Waals surface area contributed by atoms with E-state index in [2.05, 4.69) is 35.3 Å². The van der Waals surface area contributed by atoms with E-state index in [-0.39, 0.29) is 0 Å². The molecule has 0 saturated heterocycles. The van der Waals surface area contributed by atoms with Gasteiger partial charge < -0.3 is 0 Å². The number of hydrogen-bond donors (Lipinski definition) is 0. The van der Waals surface area contributed by atoms with Crippen molar-refractivity contribution in [3.63, 3.8) is 0 Å². The highest BCUT2D eigenvalue weighted by Gasteiger charge is 2.29. The van der Waals surface area contributed by atoms with E-state index >= 15 is 0 Å². The molecule has 0 bridgehead atoms. The van der Waals surface area contributed by atoms with Gasteiger partial charge in [-0.3, -0.25) is 4.99 Å². The average Bonchev–Trinajstić information content (AvgIpc) is 2.80. The van der Waals surface area contributed by atoms with Gasteiger partial charge in [-0.25, -0.2) is 0 Å². The number of aliphatic imine (C=N–C) groups is 1. The molecule has 154 valence electrons. The summed E-state index contributed by atoms with van der Waals surface area (Å²) in [6.07, 6.45) is -2.62. The minimum atomic E-state index is -4.35. The minimum Gasteiger partial charge on any atom is -0.256 e. The zero-order chi connectivity index (χ0) is 21.7. The first-order chi connectivity index (χ1) is 15.0.